The van der Waals surface area contributed by atoms with Crippen LogP contribution in [0.25, 0.3) is 11.4 Å². The van der Waals surface area contributed by atoms with Crippen LogP contribution in [0.5, 0.6) is 5.75 Å². The lowest BCUT2D eigenvalue weighted by molar-refractivity contribution is -0.135. The number of benzene rings is 1. The van der Waals surface area contributed by atoms with Crippen LogP contribution < -0.4 is 4.74 Å². The lowest BCUT2D eigenvalue weighted by atomic mass is 10.0. The molecule has 1 atom stereocenters. The Kier molecular flexibility index (Phi) is 4.60. The van der Waals surface area contributed by atoms with E-state index >= 15 is 0 Å². The summed E-state index contributed by atoms with van der Waals surface area (Å²) < 4.78 is 10.6. The Morgan fingerprint density at radius 2 is 2.13 bits per heavy atom. The van der Waals surface area contributed by atoms with Crippen molar-refractivity contribution >= 4 is 5.91 Å². The number of ether oxygens (including phenoxy) is 1. The Morgan fingerprint density at radius 1 is 1.35 bits per heavy atom. The zero-order valence-corrected chi connectivity index (χ0v) is 13.5. The van der Waals surface area contributed by atoms with Gasteiger partial charge >= 0.3 is 0 Å². The van der Waals surface area contributed by atoms with Crippen molar-refractivity contribution in [3.8, 4) is 17.1 Å². The molecule has 0 bridgehead atoms. The fourth-order valence-corrected chi connectivity index (χ4v) is 2.92. The number of amides is 1. The summed E-state index contributed by atoms with van der Waals surface area (Å²) in [4.78, 5) is 18.5. The number of rotatable bonds is 4. The van der Waals surface area contributed by atoms with Crippen LogP contribution in [-0.4, -0.2) is 34.6 Å². The largest absolute Gasteiger partial charge is 0.497 e. The highest BCUT2D eigenvalue weighted by molar-refractivity contribution is 5.76. The van der Waals surface area contributed by atoms with Crippen LogP contribution in [0.3, 0.4) is 0 Å². The predicted octanol–water partition coefficient (Wildman–Crippen LogP) is 3.21. The highest BCUT2D eigenvalue weighted by atomic mass is 16.5. The molecule has 2 aromatic rings. The van der Waals surface area contributed by atoms with Crippen LogP contribution >= 0.6 is 0 Å². The quantitative estimate of drug-likeness (QED) is 0.866. The van der Waals surface area contributed by atoms with Crippen molar-refractivity contribution in [2.75, 3.05) is 13.7 Å². The van der Waals surface area contributed by atoms with Crippen molar-refractivity contribution in [1.29, 1.82) is 0 Å². The Hall–Kier alpha value is -2.37. The van der Waals surface area contributed by atoms with Crippen molar-refractivity contribution in [2.45, 2.75) is 38.6 Å². The summed E-state index contributed by atoms with van der Waals surface area (Å²) in [6, 6.07) is 7.40. The highest BCUT2D eigenvalue weighted by Gasteiger charge is 2.31. The lowest BCUT2D eigenvalue weighted by Crippen LogP contribution is -2.38. The molecule has 1 aliphatic rings. The number of hydrogen-bond acceptors (Lipinski definition) is 5. The molecule has 0 N–H and O–H groups in total. The third-order valence-corrected chi connectivity index (χ3v) is 4.20. The summed E-state index contributed by atoms with van der Waals surface area (Å²) in [5.74, 6) is 1.98. The average Bonchev–Trinajstić information content (AvgIpc) is 3.11. The molecular formula is C17H21N3O3. The van der Waals surface area contributed by atoms with Crippen molar-refractivity contribution in [3.05, 3.63) is 30.2 Å². The van der Waals surface area contributed by atoms with E-state index in [-0.39, 0.29) is 11.9 Å². The Morgan fingerprint density at radius 3 is 2.83 bits per heavy atom. The van der Waals surface area contributed by atoms with Crippen molar-refractivity contribution in [3.63, 3.8) is 0 Å². The molecule has 0 aliphatic carbocycles. The van der Waals surface area contributed by atoms with E-state index in [0.29, 0.717) is 18.1 Å². The summed E-state index contributed by atoms with van der Waals surface area (Å²) in [6.45, 7) is 2.64. The van der Waals surface area contributed by atoms with Crippen LogP contribution in [-0.2, 0) is 4.79 Å². The van der Waals surface area contributed by atoms with E-state index in [4.69, 9.17) is 9.26 Å². The lowest BCUT2D eigenvalue weighted by Gasteiger charge is -2.33. The summed E-state index contributed by atoms with van der Waals surface area (Å²) in [5, 5.41) is 4.07. The number of aromatic nitrogens is 2. The molecule has 0 saturated carbocycles. The van der Waals surface area contributed by atoms with Gasteiger partial charge < -0.3 is 14.2 Å². The van der Waals surface area contributed by atoms with Gasteiger partial charge in [-0.3, -0.25) is 4.79 Å². The molecule has 1 saturated heterocycles. The molecule has 122 valence electrons. The summed E-state index contributed by atoms with van der Waals surface area (Å²) in [7, 11) is 1.63. The van der Waals surface area contributed by atoms with Crippen molar-refractivity contribution in [1.82, 2.24) is 15.0 Å². The number of piperidine rings is 1. The molecular weight excluding hydrogens is 294 g/mol. The van der Waals surface area contributed by atoms with Gasteiger partial charge in [0.15, 0.2) is 0 Å². The topological polar surface area (TPSA) is 68.5 Å². The molecule has 1 aromatic carbocycles. The molecule has 1 unspecified atom stereocenters. The molecule has 3 rings (SSSR count). The first-order valence-electron chi connectivity index (χ1n) is 8.00. The second kappa shape index (κ2) is 6.81. The van der Waals surface area contributed by atoms with Gasteiger partial charge in [0.05, 0.1) is 7.11 Å². The van der Waals surface area contributed by atoms with E-state index in [9.17, 15) is 4.79 Å². The standard InChI is InChI=1S/C17H21N3O3/c1-3-15(21)20-11-5-4-6-14(20)17-18-16(19-23-17)12-7-9-13(22-2)10-8-12/h7-10,14H,3-6,11H2,1-2H3. The molecule has 23 heavy (non-hydrogen) atoms. The minimum atomic E-state index is -0.101. The number of nitrogens with zero attached hydrogens (tertiary/aromatic N) is 3. The summed E-state index contributed by atoms with van der Waals surface area (Å²) >= 11 is 0. The van der Waals surface area contributed by atoms with Gasteiger partial charge in [0.2, 0.25) is 17.6 Å². The summed E-state index contributed by atoms with van der Waals surface area (Å²) in [5.41, 5.74) is 0.866. The van der Waals surface area contributed by atoms with Gasteiger partial charge in [-0.25, -0.2) is 0 Å². The Bertz CT molecular complexity index is 666. The molecule has 1 aliphatic heterocycles. The maximum atomic E-state index is 12.1. The zero-order chi connectivity index (χ0) is 16.2. The monoisotopic (exact) mass is 315 g/mol. The van der Waals surface area contributed by atoms with Crippen LogP contribution in [0.2, 0.25) is 0 Å². The minimum absolute atomic E-state index is 0.101. The number of hydrogen-bond donors (Lipinski definition) is 0. The van der Waals surface area contributed by atoms with Crippen LogP contribution in [0, 0.1) is 0 Å². The Balaban J connectivity index is 1.83. The third kappa shape index (κ3) is 3.21. The molecule has 0 spiro atoms. The Labute approximate surface area is 135 Å². The van der Waals surface area contributed by atoms with E-state index in [0.717, 1.165) is 37.1 Å². The van der Waals surface area contributed by atoms with E-state index < -0.39 is 0 Å². The zero-order valence-electron chi connectivity index (χ0n) is 13.5. The fraction of sp³-hybridized carbons (Fsp3) is 0.471. The normalized spacial score (nSPS) is 18.0. The first-order valence-corrected chi connectivity index (χ1v) is 8.00. The first kappa shape index (κ1) is 15.5. The predicted molar refractivity (Wildman–Crippen MR) is 84.9 cm³/mol. The molecule has 2 heterocycles. The smallest absolute Gasteiger partial charge is 0.249 e. The van der Waals surface area contributed by atoms with Crippen LogP contribution in [0.1, 0.15) is 44.5 Å². The minimum Gasteiger partial charge on any atom is -0.497 e. The van der Waals surface area contributed by atoms with E-state index in [1.807, 2.05) is 36.1 Å². The van der Waals surface area contributed by atoms with Gasteiger partial charge in [0.25, 0.3) is 0 Å². The number of carbonyl (C=O) groups is 1. The number of carbonyl (C=O) groups excluding carboxylic acids is 1. The van der Waals surface area contributed by atoms with Gasteiger partial charge in [-0.05, 0) is 43.5 Å². The highest BCUT2D eigenvalue weighted by Crippen LogP contribution is 2.31. The molecule has 0 radical (unpaired) electrons. The molecule has 1 aromatic heterocycles. The molecule has 1 amide bonds. The SMILES string of the molecule is CCC(=O)N1CCCCC1c1nc(-c2ccc(OC)cc2)no1. The number of likely N-dealkylation sites (tertiary alicyclic amines) is 1. The van der Waals surface area contributed by atoms with Crippen molar-refractivity contribution in [2.24, 2.45) is 0 Å². The fourth-order valence-electron chi connectivity index (χ4n) is 2.92. The van der Waals surface area contributed by atoms with E-state index in [2.05, 4.69) is 10.1 Å². The van der Waals surface area contributed by atoms with Crippen LogP contribution in [0.4, 0.5) is 0 Å². The van der Waals surface area contributed by atoms with Crippen LogP contribution in [0.15, 0.2) is 28.8 Å². The average molecular weight is 315 g/mol. The van der Waals surface area contributed by atoms with Gasteiger partial charge in [-0.15, -0.1) is 0 Å². The van der Waals surface area contributed by atoms with Crippen molar-refractivity contribution < 1.29 is 14.1 Å². The summed E-state index contributed by atoms with van der Waals surface area (Å²) in [6.07, 6.45) is 3.46. The van der Waals surface area contributed by atoms with E-state index in [1.165, 1.54) is 0 Å². The van der Waals surface area contributed by atoms with Gasteiger partial charge in [0.1, 0.15) is 11.8 Å². The second-order valence-corrected chi connectivity index (χ2v) is 5.64. The third-order valence-electron chi connectivity index (χ3n) is 4.20. The maximum Gasteiger partial charge on any atom is 0.249 e. The second-order valence-electron chi connectivity index (χ2n) is 5.64. The van der Waals surface area contributed by atoms with Gasteiger partial charge in [0, 0.05) is 18.5 Å². The number of methoxy groups -OCH3 is 1. The first-order chi connectivity index (χ1) is 11.2. The van der Waals surface area contributed by atoms with Gasteiger partial charge in [-0.2, -0.15) is 4.98 Å². The molecule has 1 fully saturated rings. The molecule has 6 nitrogen and oxygen atoms in total. The maximum absolute atomic E-state index is 12.1. The molecule has 6 heteroatoms. The van der Waals surface area contributed by atoms with E-state index in [1.54, 1.807) is 7.11 Å². The van der Waals surface area contributed by atoms with Gasteiger partial charge in [-0.1, -0.05) is 12.1 Å².